The number of ether oxygens (including phenoxy) is 1. The molecular formula is C32H28ClN5O4S2. The zero-order valence-corrected chi connectivity index (χ0v) is 26.5. The Bertz CT molecular complexity index is 1920. The summed E-state index contributed by atoms with van der Waals surface area (Å²) in [4.78, 5) is 33.5. The Morgan fingerprint density at radius 3 is 2.64 bits per heavy atom. The minimum Gasteiger partial charge on any atom is -0.505 e. The van der Waals surface area contributed by atoms with E-state index in [9.17, 15) is 14.7 Å². The van der Waals surface area contributed by atoms with E-state index < -0.39 is 17.7 Å². The summed E-state index contributed by atoms with van der Waals surface area (Å²) in [6, 6.07) is 17.6. The van der Waals surface area contributed by atoms with Gasteiger partial charge in [0, 0.05) is 17.0 Å². The third-order valence-electron chi connectivity index (χ3n) is 7.28. The number of imidazole rings is 1. The fourth-order valence-corrected chi connectivity index (χ4v) is 7.05. The number of hydrogen-bond acceptors (Lipinski definition) is 9. The smallest absolute Gasteiger partial charge is 0.301 e. The molecule has 9 nitrogen and oxygen atoms in total. The predicted octanol–water partition coefficient (Wildman–Crippen LogP) is 7.16. The second kappa shape index (κ2) is 12.4. The van der Waals surface area contributed by atoms with Gasteiger partial charge in [0.05, 0.1) is 23.9 Å². The number of amides is 1. The van der Waals surface area contributed by atoms with E-state index in [1.54, 1.807) is 18.2 Å². The van der Waals surface area contributed by atoms with Crippen molar-refractivity contribution in [3.63, 3.8) is 0 Å². The van der Waals surface area contributed by atoms with Gasteiger partial charge in [-0.25, -0.2) is 4.98 Å². The maximum Gasteiger partial charge on any atom is 0.301 e. The highest BCUT2D eigenvalue weighted by Gasteiger charge is 2.49. The Morgan fingerprint density at radius 1 is 1.09 bits per heavy atom. The number of hydrogen-bond donors (Lipinski definition) is 1. The molecule has 1 aliphatic heterocycles. The highest BCUT2D eigenvalue weighted by Crippen LogP contribution is 2.45. The van der Waals surface area contributed by atoms with Gasteiger partial charge < -0.3 is 14.2 Å². The number of Topliss-reactive ketones (excluding diaryl/α,β-unsaturated/α-hetero) is 1. The number of anilines is 1. The number of fused-ring (bicyclic) bond motifs is 1. The molecule has 1 aliphatic rings. The van der Waals surface area contributed by atoms with Crippen LogP contribution in [0.3, 0.4) is 0 Å². The molecule has 6 rings (SSSR count). The lowest BCUT2D eigenvalue weighted by atomic mass is 9.96. The SMILES string of the molecule is CCCOc1cccc(C2C(=C(O)c3nc4c(C)cccn4c3C)C(=O)C(=O)N2c2nnc(SCc3ccc(Cl)cc3)s2)c1. The van der Waals surface area contributed by atoms with Crippen LogP contribution in [0.15, 0.2) is 76.8 Å². The molecule has 12 heteroatoms. The van der Waals surface area contributed by atoms with Crippen LogP contribution >= 0.6 is 34.7 Å². The summed E-state index contributed by atoms with van der Waals surface area (Å²) >= 11 is 8.68. The summed E-state index contributed by atoms with van der Waals surface area (Å²) in [5.74, 6) is -0.771. The molecule has 3 aromatic heterocycles. The van der Waals surface area contributed by atoms with E-state index in [0.29, 0.717) is 44.4 Å². The van der Waals surface area contributed by atoms with Gasteiger partial charge in [-0.2, -0.15) is 0 Å². The molecule has 1 saturated heterocycles. The van der Waals surface area contributed by atoms with E-state index in [-0.39, 0.29) is 22.2 Å². The normalized spacial score (nSPS) is 16.3. The molecule has 1 atom stereocenters. The third kappa shape index (κ3) is 5.58. The first kappa shape index (κ1) is 29.9. The van der Waals surface area contributed by atoms with Gasteiger partial charge in [0.25, 0.3) is 5.78 Å². The maximum atomic E-state index is 13.7. The highest BCUT2D eigenvalue weighted by atomic mass is 35.5. The van der Waals surface area contributed by atoms with Crippen molar-refractivity contribution in [3.05, 3.63) is 106 Å². The first-order chi connectivity index (χ1) is 21.3. The number of aliphatic hydroxyl groups excluding tert-OH is 1. The fraction of sp³-hybridized carbons (Fsp3) is 0.219. The van der Waals surface area contributed by atoms with Crippen molar-refractivity contribution in [3.8, 4) is 5.75 Å². The van der Waals surface area contributed by atoms with E-state index in [1.165, 1.54) is 28.0 Å². The van der Waals surface area contributed by atoms with E-state index in [0.717, 1.165) is 17.5 Å². The van der Waals surface area contributed by atoms with Crippen LogP contribution in [0.4, 0.5) is 5.13 Å². The highest BCUT2D eigenvalue weighted by molar-refractivity contribution is 8.00. The number of nitrogens with zero attached hydrogens (tertiary/aromatic N) is 5. The van der Waals surface area contributed by atoms with E-state index >= 15 is 0 Å². The Labute approximate surface area is 267 Å². The average molecular weight is 646 g/mol. The first-order valence-corrected chi connectivity index (χ1v) is 16.1. The van der Waals surface area contributed by atoms with Gasteiger partial charge in [-0.3, -0.25) is 14.5 Å². The van der Waals surface area contributed by atoms with Crippen LogP contribution in [-0.4, -0.2) is 43.0 Å². The molecule has 1 N–H and O–H groups in total. The van der Waals surface area contributed by atoms with Crippen LogP contribution < -0.4 is 9.64 Å². The Balaban J connectivity index is 1.44. The van der Waals surface area contributed by atoms with E-state index in [1.807, 2.05) is 73.8 Å². The van der Waals surface area contributed by atoms with Crippen LogP contribution in [0.1, 0.15) is 47.5 Å². The van der Waals surface area contributed by atoms with E-state index in [2.05, 4.69) is 15.2 Å². The monoisotopic (exact) mass is 645 g/mol. The van der Waals surface area contributed by atoms with Crippen molar-refractivity contribution in [1.82, 2.24) is 19.6 Å². The quantitative estimate of drug-likeness (QED) is 0.0591. The van der Waals surface area contributed by atoms with Crippen molar-refractivity contribution >= 4 is 62.9 Å². The number of pyridine rings is 1. The molecule has 0 spiro atoms. The van der Waals surface area contributed by atoms with Crippen molar-refractivity contribution < 1.29 is 19.4 Å². The number of carbonyl (C=O) groups is 2. The number of rotatable bonds is 9. The summed E-state index contributed by atoms with van der Waals surface area (Å²) in [7, 11) is 0. The van der Waals surface area contributed by atoms with Crippen molar-refractivity contribution in [2.24, 2.45) is 0 Å². The second-order valence-electron chi connectivity index (χ2n) is 10.3. The topological polar surface area (TPSA) is 110 Å². The molecule has 0 aliphatic carbocycles. The number of aryl methyl sites for hydroxylation is 2. The van der Waals surface area contributed by atoms with E-state index in [4.69, 9.17) is 16.3 Å². The Kier molecular flexibility index (Phi) is 8.44. The zero-order chi connectivity index (χ0) is 31.0. The van der Waals surface area contributed by atoms with Gasteiger partial charge in [0.2, 0.25) is 5.13 Å². The zero-order valence-electron chi connectivity index (χ0n) is 24.2. The van der Waals surface area contributed by atoms with Gasteiger partial charge in [0.1, 0.15) is 17.1 Å². The Morgan fingerprint density at radius 2 is 1.89 bits per heavy atom. The number of aliphatic hydroxyl groups is 1. The van der Waals surface area contributed by atoms with Crippen LogP contribution in [0.25, 0.3) is 11.4 Å². The molecule has 2 aromatic carbocycles. The lowest BCUT2D eigenvalue weighted by molar-refractivity contribution is -0.132. The van der Waals surface area contributed by atoms with Crippen LogP contribution in [0.2, 0.25) is 5.02 Å². The van der Waals surface area contributed by atoms with Gasteiger partial charge in [-0.15, -0.1) is 10.2 Å². The summed E-state index contributed by atoms with van der Waals surface area (Å²) in [6.07, 6.45) is 2.66. The van der Waals surface area contributed by atoms with Crippen molar-refractivity contribution in [2.45, 2.75) is 43.3 Å². The summed E-state index contributed by atoms with van der Waals surface area (Å²) in [6.45, 7) is 6.25. The van der Waals surface area contributed by atoms with Crippen molar-refractivity contribution in [1.29, 1.82) is 0 Å². The lowest BCUT2D eigenvalue weighted by Crippen LogP contribution is -2.29. The largest absolute Gasteiger partial charge is 0.505 e. The van der Waals surface area contributed by atoms with Gasteiger partial charge in [-0.1, -0.05) is 72.0 Å². The third-order valence-corrected chi connectivity index (χ3v) is 9.66. The van der Waals surface area contributed by atoms with Crippen molar-refractivity contribution in [2.75, 3.05) is 11.5 Å². The Hall–Kier alpha value is -4.19. The minimum absolute atomic E-state index is 0.0719. The standard InChI is InChI=1S/C32H28ClN5O4S2/c1-4-15-42-23-9-5-8-21(16-23)26-24(27(39)25-19(3)37-14-6-7-18(2)29(37)34-25)28(40)30(41)38(26)31-35-36-32(44-31)43-17-20-10-12-22(33)13-11-20/h5-14,16,26,39H,4,15,17H2,1-3H3. The van der Waals surface area contributed by atoms with Gasteiger partial charge >= 0.3 is 5.91 Å². The fourth-order valence-electron chi connectivity index (χ4n) is 5.10. The summed E-state index contributed by atoms with van der Waals surface area (Å²) in [5, 5.41) is 21.3. The molecule has 0 saturated carbocycles. The lowest BCUT2D eigenvalue weighted by Gasteiger charge is -2.23. The molecule has 4 heterocycles. The average Bonchev–Trinajstić information content (AvgIpc) is 3.71. The number of carbonyl (C=O) groups excluding carboxylic acids is 2. The predicted molar refractivity (Wildman–Crippen MR) is 173 cm³/mol. The minimum atomic E-state index is -0.979. The number of halogens is 1. The van der Waals surface area contributed by atoms with Gasteiger partial charge in [0.15, 0.2) is 10.1 Å². The van der Waals surface area contributed by atoms with Crippen LogP contribution in [0, 0.1) is 13.8 Å². The number of ketones is 1. The second-order valence-corrected chi connectivity index (χ2v) is 12.9. The molecule has 5 aromatic rings. The van der Waals surface area contributed by atoms with Gasteiger partial charge in [-0.05, 0) is 67.3 Å². The molecule has 224 valence electrons. The molecule has 44 heavy (non-hydrogen) atoms. The van der Waals surface area contributed by atoms with Crippen LogP contribution in [0.5, 0.6) is 5.75 Å². The number of benzene rings is 2. The molecule has 0 radical (unpaired) electrons. The number of thioether (sulfide) groups is 1. The maximum absolute atomic E-state index is 13.7. The molecule has 1 unspecified atom stereocenters. The molecule has 0 bridgehead atoms. The summed E-state index contributed by atoms with van der Waals surface area (Å²) in [5.41, 5.74) is 4.00. The molecule has 1 amide bonds. The first-order valence-electron chi connectivity index (χ1n) is 14.0. The summed E-state index contributed by atoms with van der Waals surface area (Å²) < 4.78 is 8.35. The number of aromatic nitrogens is 4. The van der Waals surface area contributed by atoms with Crippen LogP contribution in [-0.2, 0) is 15.3 Å². The molecule has 1 fully saturated rings. The molecular weight excluding hydrogens is 618 g/mol.